The molecule has 41 heavy (non-hydrogen) atoms. The number of likely N-dealkylation sites (N-methyl/N-ethyl adjacent to an activating group) is 1. The van der Waals surface area contributed by atoms with Crippen molar-refractivity contribution in [2.45, 2.75) is 56.8 Å². The topological polar surface area (TPSA) is 120 Å². The molecule has 9 nitrogen and oxygen atoms in total. The molecule has 1 saturated carbocycles. The third-order valence-corrected chi connectivity index (χ3v) is 7.33. The van der Waals surface area contributed by atoms with E-state index in [0.29, 0.717) is 24.5 Å². The number of nitrogens with zero attached hydrogens (tertiary/aromatic N) is 1. The van der Waals surface area contributed by atoms with Crippen molar-refractivity contribution in [2.75, 3.05) is 26.7 Å². The summed E-state index contributed by atoms with van der Waals surface area (Å²) in [4.78, 5) is 42.0. The third-order valence-electron chi connectivity index (χ3n) is 7.33. The smallest absolute Gasteiger partial charge is 0.246 e. The van der Waals surface area contributed by atoms with Crippen molar-refractivity contribution in [1.82, 2.24) is 20.9 Å². The van der Waals surface area contributed by atoms with E-state index in [1.165, 1.54) is 37.9 Å². The second kappa shape index (κ2) is 13.3. The van der Waals surface area contributed by atoms with Crippen molar-refractivity contribution in [3.8, 4) is 5.75 Å². The van der Waals surface area contributed by atoms with Crippen LogP contribution in [0, 0.1) is 11.7 Å². The third kappa shape index (κ3) is 8.14. The fourth-order valence-corrected chi connectivity index (χ4v) is 5.11. The van der Waals surface area contributed by atoms with Crippen LogP contribution < -0.4 is 20.7 Å². The number of nitrogens with one attached hydrogen (secondary N) is 3. The minimum Gasteiger partial charge on any atom is -0.492 e. The summed E-state index contributed by atoms with van der Waals surface area (Å²) in [7, 11) is 1.49. The maximum atomic E-state index is 13.7. The highest BCUT2D eigenvalue weighted by Crippen LogP contribution is 2.34. The largest absolute Gasteiger partial charge is 0.492 e. The zero-order valence-corrected chi connectivity index (χ0v) is 23.7. The van der Waals surface area contributed by atoms with Crippen LogP contribution in [0.3, 0.4) is 0 Å². The van der Waals surface area contributed by atoms with Crippen molar-refractivity contribution >= 4 is 23.8 Å². The Balaban J connectivity index is 1.65. The number of hydrogen-bond donors (Lipinski definition) is 4. The maximum Gasteiger partial charge on any atom is 0.246 e. The molecular formula is C31H39FN4O5. The minimum absolute atomic E-state index is 0.0841. The van der Waals surface area contributed by atoms with Gasteiger partial charge in [0, 0.05) is 32.1 Å². The van der Waals surface area contributed by atoms with Gasteiger partial charge in [-0.05, 0) is 56.4 Å². The first-order valence-corrected chi connectivity index (χ1v) is 14.0. The van der Waals surface area contributed by atoms with Gasteiger partial charge >= 0.3 is 0 Å². The van der Waals surface area contributed by atoms with Crippen molar-refractivity contribution < 1.29 is 28.6 Å². The summed E-state index contributed by atoms with van der Waals surface area (Å²) < 4.78 is 19.5. The van der Waals surface area contributed by atoms with Gasteiger partial charge in [0.05, 0.1) is 11.6 Å². The predicted molar refractivity (Wildman–Crippen MR) is 153 cm³/mol. The van der Waals surface area contributed by atoms with Gasteiger partial charge in [-0.25, -0.2) is 4.39 Å². The highest BCUT2D eigenvalue weighted by Gasteiger charge is 2.45. The average molecular weight is 567 g/mol. The molecule has 1 aliphatic heterocycles. The molecule has 0 saturated heterocycles. The van der Waals surface area contributed by atoms with E-state index in [-0.39, 0.29) is 24.8 Å². The van der Waals surface area contributed by atoms with Gasteiger partial charge in [-0.1, -0.05) is 42.5 Å². The molecule has 1 heterocycles. The number of rotatable bonds is 4. The van der Waals surface area contributed by atoms with Crippen molar-refractivity contribution in [2.24, 2.45) is 5.92 Å². The van der Waals surface area contributed by atoms with E-state index in [4.69, 9.17) is 4.74 Å². The Bertz CT molecular complexity index is 1260. The number of amides is 3. The second-order valence-electron chi connectivity index (χ2n) is 11.2. The van der Waals surface area contributed by atoms with E-state index >= 15 is 0 Å². The van der Waals surface area contributed by atoms with Crippen LogP contribution in [0.4, 0.5) is 4.39 Å². The number of fused-ring (bicyclic) bond motifs is 1. The van der Waals surface area contributed by atoms with Crippen LogP contribution in [0.1, 0.15) is 37.8 Å². The van der Waals surface area contributed by atoms with E-state index < -0.39 is 41.4 Å². The molecule has 2 aromatic carbocycles. The summed E-state index contributed by atoms with van der Waals surface area (Å²) in [5.41, 5.74) is -0.143. The zero-order chi connectivity index (χ0) is 29.6. The maximum absolute atomic E-state index is 13.7. The summed E-state index contributed by atoms with van der Waals surface area (Å²) in [5.74, 6) is -1.07. The minimum atomic E-state index is -1.62. The average Bonchev–Trinajstić information content (AvgIpc) is 3.76. The lowest BCUT2D eigenvalue weighted by atomic mass is 9.94. The number of para-hydroxylation sites is 1. The Labute approximate surface area is 240 Å². The first-order valence-electron chi connectivity index (χ1n) is 14.0. The van der Waals surface area contributed by atoms with Crippen molar-refractivity contribution in [3.63, 3.8) is 0 Å². The molecule has 3 amide bonds. The highest BCUT2D eigenvalue weighted by atomic mass is 19.1. The number of benzene rings is 2. The van der Waals surface area contributed by atoms with Gasteiger partial charge in [0.1, 0.15) is 30.3 Å². The van der Waals surface area contributed by atoms with Crippen LogP contribution in [0.5, 0.6) is 5.75 Å². The van der Waals surface area contributed by atoms with Crippen LogP contribution in [-0.2, 0) is 20.8 Å². The van der Waals surface area contributed by atoms with E-state index in [9.17, 15) is 23.9 Å². The SMILES string of the molecule is CN1C(=O)[C@H](C2CC2)NCCOc2ccccc2/C=C/CNC(=O)[C@@H](Cc2ccc(F)cc2)NC(=O)[C@@H]1C(C)(C)O. The molecule has 4 N–H and O–H groups in total. The number of carbonyl (C=O) groups is 3. The van der Waals surface area contributed by atoms with E-state index in [1.807, 2.05) is 30.3 Å². The lowest BCUT2D eigenvalue weighted by molar-refractivity contribution is -0.150. The summed E-state index contributed by atoms with van der Waals surface area (Å²) in [6.45, 7) is 3.83. The van der Waals surface area contributed by atoms with Crippen molar-refractivity contribution in [1.29, 1.82) is 0 Å². The standard InChI is InChI=1S/C31H39FN4O5/c1-31(2,40)27-29(38)35-24(19-20-10-14-23(32)15-11-20)28(37)34-16-6-8-21-7-4-5-9-25(21)41-18-17-33-26(22-12-13-22)30(39)36(27)3/h4-11,14-15,22,24,26-27,33,40H,12-13,16-19H2,1-3H3,(H,34,37)(H,35,38)/b8-6+/t24-,26+,27-/m1/s1. The van der Waals surface area contributed by atoms with Crippen LogP contribution in [0.2, 0.25) is 0 Å². The number of aliphatic hydroxyl groups is 1. The lowest BCUT2D eigenvalue weighted by Gasteiger charge is -2.38. The monoisotopic (exact) mass is 566 g/mol. The van der Waals surface area contributed by atoms with Crippen molar-refractivity contribution in [3.05, 3.63) is 71.6 Å². The van der Waals surface area contributed by atoms with Crippen LogP contribution in [-0.4, -0.2) is 78.2 Å². The molecule has 0 unspecified atom stereocenters. The molecule has 1 aliphatic carbocycles. The quantitative estimate of drug-likeness (QED) is 0.450. The van der Waals surface area contributed by atoms with Gasteiger partial charge in [0.25, 0.3) is 0 Å². The molecule has 0 aromatic heterocycles. The molecule has 0 spiro atoms. The second-order valence-corrected chi connectivity index (χ2v) is 11.2. The van der Waals surface area contributed by atoms with Crippen LogP contribution in [0.25, 0.3) is 6.08 Å². The Kier molecular flexibility index (Phi) is 9.77. The summed E-state index contributed by atoms with van der Waals surface area (Å²) in [5, 5.41) is 19.9. The molecule has 10 heteroatoms. The van der Waals surface area contributed by atoms with Gasteiger partial charge < -0.3 is 30.7 Å². The van der Waals surface area contributed by atoms with Gasteiger partial charge in [0.2, 0.25) is 17.7 Å². The predicted octanol–water partition coefficient (Wildman–Crippen LogP) is 2.04. The molecule has 0 bridgehead atoms. The number of hydrogen-bond acceptors (Lipinski definition) is 6. The van der Waals surface area contributed by atoms with Gasteiger partial charge in [-0.3, -0.25) is 14.4 Å². The summed E-state index contributed by atoms with van der Waals surface area (Å²) in [6, 6.07) is 10.3. The lowest BCUT2D eigenvalue weighted by Crippen LogP contribution is -2.63. The molecule has 3 atom stereocenters. The summed E-state index contributed by atoms with van der Waals surface area (Å²) in [6.07, 6.45) is 5.47. The molecule has 2 aromatic rings. The highest BCUT2D eigenvalue weighted by molar-refractivity contribution is 5.94. The molecule has 1 fully saturated rings. The first kappa shape index (κ1) is 30.2. The van der Waals surface area contributed by atoms with Crippen LogP contribution >= 0.6 is 0 Å². The summed E-state index contributed by atoms with van der Waals surface area (Å²) >= 11 is 0. The fourth-order valence-electron chi connectivity index (χ4n) is 5.11. The fraction of sp³-hybridized carbons (Fsp3) is 0.452. The first-order chi connectivity index (χ1) is 19.5. The molecule has 2 aliphatic rings. The zero-order valence-electron chi connectivity index (χ0n) is 23.7. The number of ether oxygens (including phenoxy) is 1. The van der Waals surface area contributed by atoms with Crippen LogP contribution in [0.15, 0.2) is 54.6 Å². The Morgan fingerprint density at radius 3 is 2.44 bits per heavy atom. The van der Waals surface area contributed by atoms with Gasteiger partial charge in [0.15, 0.2) is 0 Å². The van der Waals surface area contributed by atoms with E-state index in [0.717, 1.165) is 18.4 Å². The van der Waals surface area contributed by atoms with Gasteiger partial charge in [-0.2, -0.15) is 0 Å². The molecule has 4 rings (SSSR count). The molecule has 220 valence electrons. The van der Waals surface area contributed by atoms with Gasteiger partial charge in [-0.15, -0.1) is 0 Å². The Morgan fingerprint density at radius 1 is 1.05 bits per heavy atom. The van der Waals surface area contributed by atoms with E-state index in [2.05, 4.69) is 16.0 Å². The number of carbonyl (C=O) groups excluding carboxylic acids is 3. The molecule has 0 radical (unpaired) electrons. The Morgan fingerprint density at radius 2 is 1.76 bits per heavy atom. The normalized spacial score (nSPS) is 24.3. The Hall–Kier alpha value is -3.76. The number of halogens is 1. The molecular weight excluding hydrogens is 527 g/mol. The van der Waals surface area contributed by atoms with E-state index in [1.54, 1.807) is 18.2 Å².